The van der Waals surface area contributed by atoms with E-state index in [1.54, 1.807) is 77.3 Å². The van der Waals surface area contributed by atoms with Crippen LogP contribution < -0.4 is 4.74 Å². The number of fused-ring (bicyclic) bond motifs is 1. The lowest BCUT2D eigenvalue weighted by Gasteiger charge is -2.19. The van der Waals surface area contributed by atoms with E-state index in [1.165, 1.54) is 6.07 Å². The van der Waals surface area contributed by atoms with Crippen LogP contribution in [0.2, 0.25) is 0 Å². The second kappa shape index (κ2) is 13.1. The number of benzene rings is 2. The van der Waals surface area contributed by atoms with Crippen LogP contribution in [0, 0.1) is 24.5 Å². The van der Waals surface area contributed by atoms with Gasteiger partial charge in [0.2, 0.25) is 11.8 Å². The summed E-state index contributed by atoms with van der Waals surface area (Å²) in [7, 11) is 1.56. The highest BCUT2D eigenvalue weighted by Gasteiger charge is 2.21. The maximum absolute atomic E-state index is 15.5. The molecule has 0 amide bonds. The van der Waals surface area contributed by atoms with E-state index in [1.807, 2.05) is 4.57 Å². The Morgan fingerprint density at radius 3 is 2.44 bits per heavy atom. The minimum Gasteiger partial charge on any atom is -0.473 e. The average molecular weight is 619 g/mol. The first kappa shape index (κ1) is 31.6. The van der Waals surface area contributed by atoms with Crippen LogP contribution in [0.4, 0.5) is 13.2 Å². The number of rotatable bonds is 10. The molecule has 234 valence electrons. The van der Waals surface area contributed by atoms with Crippen LogP contribution in [0.15, 0.2) is 60.7 Å². The molecule has 3 aromatic heterocycles. The van der Waals surface area contributed by atoms with Gasteiger partial charge in [-0.25, -0.2) is 28.5 Å². The fraction of sp³-hybridized carbons (Fsp3) is 0.294. The standard InChI is InChI=1S/C34H33F3N4O4/c1-20-9-10-22(32(37)38-20)19-44-31-8-6-7-27(40-31)24-18-25(35)23(15-26(24)36)17-30-39-28-12-11-21(33(42)45-34(2,3)4)16-29(28)41(30)13-14-43-5/h6-12,15-16,18H,13-14,17,19H2,1-5H3. The number of hydrogen-bond acceptors (Lipinski definition) is 7. The van der Waals surface area contributed by atoms with E-state index in [0.29, 0.717) is 41.3 Å². The summed E-state index contributed by atoms with van der Waals surface area (Å²) >= 11 is 0. The van der Waals surface area contributed by atoms with E-state index in [4.69, 9.17) is 14.2 Å². The summed E-state index contributed by atoms with van der Waals surface area (Å²) in [6.45, 7) is 7.63. The van der Waals surface area contributed by atoms with Gasteiger partial charge in [0.1, 0.15) is 29.7 Å². The van der Waals surface area contributed by atoms with E-state index < -0.39 is 29.2 Å². The van der Waals surface area contributed by atoms with Crippen molar-refractivity contribution < 1.29 is 32.2 Å². The summed E-state index contributed by atoms with van der Waals surface area (Å²) in [5.41, 5.74) is 1.89. The maximum Gasteiger partial charge on any atom is 0.338 e. The molecule has 0 aliphatic carbocycles. The second-order valence-electron chi connectivity index (χ2n) is 11.5. The van der Waals surface area contributed by atoms with Crippen molar-refractivity contribution in [3.8, 4) is 17.1 Å². The molecule has 0 spiro atoms. The monoisotopic (exact) mass is 618 g/mol. The summed E-state index contributed by atoms with van der Waals surface area (Å²) in [5.74, 6) is -1.86. The number of esters is 1. The smallest absolute Gasteiger partial charge is 0.338 e. The van der Waals surface area contributed by atoms with Crippen LogP contribution in [0.5, 0.6) is 5.88 Å². The normalized spacial score (nSPS) is 11.6. The molecule has 0 saturated carbocycles. The maximum atomic E-state index is 15.5. The van der Waals surface area contributed by atoms with Gasteiger partial charge in [0.05, 0.1) is 28.9 Å². The number of aromatic nitrogens is 4. The van der Waals surface area contributed by atoms with Crippen molar-refractivity contribution >= 4 is 17.0 Å². The van der Waals surface area contributed by atoms with Crippen molar-refractivity contribution in [2.45, 2.75) is 52.9 Å². The van der Waals surface area contributed by atoms with Gasteiger partial charge in [-0.3, -0.25) is 0 Å². The zero-order chi connectivity index (χ0) is 32.3. The molecule has 11 heteroatoms. The Bertz CT molecular complexity index is 1870. The minimum atomic E-state index is -0.684. The third kappa shape index (κ3) is 7.49. The number of aryl methyl sites for hydroxylation is 1. The number of halogens is 3. The molecule has 0 fully saturated rings. The van der Waals surface area contributed by atoms with Crippen LogP contribution in [0.25, 0.3) is 22.3 Å². The van der Waals surface area contributed by atoms with Crippen molar-refractivity contribution in [3.05, 3.63) is 106 Å². The molecule has 2 aromatic carbocycles. The topological polar surface area (TPSA) is 88.4 Å². The Balaban J connectivity index is 1.41. The first-order valence-electron chi connectivity index (χ1n) is 14.3. The molecular weight excluding hydrogens is 585 g/mol. The molecule has 0 N–H and O–H groups in total. The van der Waals surface area contributed by atoms with Crippen LogP contribution >= 0.6 is 0 Å². The van der Waals surface area contributed by atoms with Crippen molar-refractivity contribution in [1.82, 2.24) is 19.5 Å². The first-order valence-corrected chi connectivity index (χ1v) is 14.3. The summed E-state index contributed by atoms with van der Waals surface area (Å²) in [6.07, 6.45) is -0.0179. The highest BCUT2D eigenvalue weighted by atomic mass is 19.1. The molecule has 3 heterocycles. The van der Waals surface area contributed by atoms with E-state index in [9.17, 15) is 9.18 Å². The number of methoxy groups -OCH3 is 1. The molecule has 0 aliphatic heterocycles. The number of nitrogens with zero attached hydrogens (tertiary/aromatic N) is 4. The zero-order valence-corrected chi connectivity index (χ0v) is 25.7. The summed E-state index contributed by atoms with van der Waals surface area (Å²) in [5, 5.41) is 0. The summed E-state index contributed by atoms with van der Waals surface area (Å²) in [4.78, 5) is 25.4. The quantitative estimate of drug-likeness (QED) is 0.123. The first-order chi connectivity index (χ1) is 21.4. The van der Waals surface area contributed by atoms with Crippen LogP contribution in [0.3, 0.4) is 0 Å². The molecule has 45 heavy (non-hydrogen) atoms. The summed E-state index contributed by atoms with van der Waals surface area (Å²) < 4.78 is 63.3. The third-order valence-electron chi connectivity index (χ3n) is 6.91. The molecule has 0 unspecified atom stereocenters. The Hall–Kier alpha value is -4.77. The van der Waals surface area contributed by atoms with Crippen LogP contribution in [-0.2, 0) is 29.0 Å². The predicted molar refractivity (Wildman–Crippen MR) is 162 cm³/mol. The van der Waals surface area contributed by atoms with Crippen molar-refractivity contribution in [2.24, 2.45) is 0 Å². The van der Waals surface area contributed by atoms with Gasteiger partial charge in [-0.05, 0) is 81.8 Å². The molecule has 0 atom stereocenters. The summed E-state index contributed by atoms with van der Waals surface area (Å²) in [6, 6.07) is 15.1. The number of carbonyl (C=O) groups excluding carboxylic acids is 1. The van der Waals surface area contributed by atoms with Gasteiger partial charge in [-0.1, -0.05) is 6.07 Å². The number of hydrogen-bond donors (Lipinski definition) is 0. The van der Waals surface area contributed by atoms with Gasteiger partial charge < -0.3 is 18.8 Å². The fourth-order valence-electron chi connectivity index (χ4n) is 4.75. The number of ether oxygens (including phenoxy) is 3. The highest BCUT2D eigenvalue weighted by molar-refractivity contribution is 5.94. The van der Waals surface area contributed by atoms with E-state index in [0.717, 1.165) is 12.1 Å². The molecule has 0 aliphatic rings. The van der Waals surface area contributed by atoms with Crippen LogP contribution in [0.1, 0.15) is 53.8 Å². The van der Waals surface area contributed by atoms with Gasteiger partial charge >= 0.3 is 5.97 Å². The molecule has 0 radical (unpaired) electrons. The molecular formula is C34H33F3N4O4. The van der Waals surface area contributed by atoms with E-state index in [2.05, 4.69) is 15.0 Å². The van der Waals surface area contributed by atoms with Gasteiger partial charge in [0.15, 0.2) is 0 Å². The molecule has 0 saturated heterocycles. The van der Waals surface area contributed by atoms with E-state index in [-0.39, 0.29) is 41.3 Å². The lowest BCUT2D eigenvalue weighted by atomic mass is 10.0. The van der Waals surface area contributed by atoms with Gasteiger partial charge in [0, 0.05) is 43.0 Å². The Labute approximate surface area is 258 Å². The molecule has 0 bridgehead atoms. The average Bonchev–Trinajstić information content (AvgIpc) is 3.32. The fourth-order valence-corrected chi connectivity index (χ4v) is 4.75. The molecule has 5 rings (SSSR count). The lowest BCUT2D eigenvalue weighted by Crippen LogP contribution is -2.23. The molecule has 5 aromatic rings. The van der Waals surface area contributed by atoms with Gasteiger partial charge in [-0.2, -0.15) is 4.39 Å². The van der Waals surface area contributed by atoms with Crippen molar-refractivity contribution in [3.63, 3.8) is 0 Å². The van der Waals surface area contributed by atoms with Crippen molar-refractivity contribution in [1.29, 1.82) is 0 Å². The lowest BCUT2D eigenvalue weighted by molar-refractivity contribution is 0.00696. The molecule has 8 nitrogen and oxygen atoms in total. The van der Waals surface area contributed by atoms with Gasteiger partial charge in [-0.15, -0.1) is 0 Å². The van der Waals surface area contributed by atoms with Crippen LogP contribution in [-0.4, -0.2) is 44.8 Å². The Morgan fingerprint density at radius 2 is 1.71 bits per heavy atom. The Morgan fingerprint density at radius 1 is 0.911 bits per heavy atom. The largest absolute Gasteiger partial charge is 0.473 e. The SMILES string of the molecule is COCCn1c(Cc2cc(F)c(-c3cccc(OCc4ccc(C)nc4F)n3)cc2F)nc2ccc(C(=O)OC(C)(C)C)cc21. The number of carbonyl (C=O) groups is 1. The number of imidazole rings is 1. The minimum absolute atomic E-state index is 0.0179. The predicted octanol–water partition coefficient (Wildman–Crippen LogP) is 6.99. The highest BCUT2D eigenvalue weighted by Crippen LogP contribution is 2.28. The second-order valence-corrected chi connectivity index (χ2v) is 11.5. The van der Waals surface area contributed by atoms with Gasteiger partial charge in [0.25, 0.3) is 0 Å². The van der Waals surface area contributed by atoms with Crippen molar-refractivity contribution in [2.75, 3.05) is 13.7 Å². The zero-order valence-electron chi connectivity index (χ0n) is 25.7. The third-order valence-corrected chi connectivity index (χ3v) is 6.91. The van der Waals surface area contributed by atoms with E-state index >= 15 is 8.78 Å². The number of pyridine rings is 2. The Kier molecular flexibility index (Phi) is 9.19.